The summed E-state index contributed by atoms with van der Waals surface area (Å²) in [5.74, 6) is 1.05. The average molecular weight is 247 g/mol. The van der Waals surface area contributed by atoms with E-state index in [0.717, 1.165) is 44.7 Å². The zero-order valence-corrected chi connectivity index (χ0v) is 11.0. The van der Waals surface area contributed by atoms with Crippen LogP contribution in [0, 0.1) is 11.3 Å². The van der Waals surface area contributed by atoms with Crippen molar-refractivity contribution in [2.75, 3.05) is 13.1 Å². The van der Waals surface area contributed by atoms with Gasteiger partial charge in [-0.15, -0.1) is 12.4 Å². The molecule has 2 N–H and O–H groups in total. The molecule has 1 unspecified atom stereocenters. The lowest BCUT2D eigenvalue weighted by Crippen LogP contribution is -2.53. The van der Waals surface area contributed by atoms with Crippen molar-refractivity contribution in [1.29, 1.82) is 0 Å². The molecule has 0 bridgehead atoms. The monoisotopic (exact) mass is 246 g/mol. The molecule has 1 amide bonds. The molecular formula is C12H23ClN2O. The Morgan fingerprint density at radius 1 is 1.44 bits per heavy atom. The van der Waals surface area contributed by atoms with E-state index in [9.17, 15) is 4.79 Å². The van der Waals surface area contributed by atoms with Crippen LogP contribution in [0.4, 0.5) is 0 Å². The van der Waals surface area contributed by atoms with Gasteiger partial charge in [0.25, 0.3) is 0 Å². The lowest BCUT2D eigenvalue weighted by Gasteiger charge is -2.38. The number of rotatable bonds is 2. The Bertz CT molecular complexity index is 245. The maximum absolute atomic E-state index is 12.1. The molecule has 2 rings (SSSR count). The summed E-state index contributed by atoms with van der Waals surface area (Å²) in [6.07, 6.45) is 4.46. The van der Waals surface area contributed by atoms with Crippen LogP contribution in [0.15, 0.2) is 0 Å². The summed E-state index contributed by atoms with van der Waals surface area (Å²) < 4.78 is 0. The van der Waals surface area contributed by atoms with Crippen molar-refractivity contribution in [2.45, 2.75) is 45.6 Å². The van der Waals surface area contributed by atoms with Crippen molar-refractivity contribution in [3.63, 3.8) is 0 Å². The molecule has 1 heterocycles. The first-order valence-electron chi connectivity index (χ1n) is 6.12. The summed E-state index contributed by atoms with van der Waals surface area (Å²) in [5.41, 5.74) is -0.170. The Kier molecular flexibility index (Phi) is 4.62. The number of hydrogen-bond acceptors (Lipinski definition) is 2. The third-order valence-corrected chi connectivity index (χ3v) is 3.85. The van der Waals surface area contributed by atoms with E-state index in [2.05, 4.69) is 24.5 Å². The second-order valence-corrected chi connectivity index (χ2v) is 5.59. The first kappa shape index (κ1) is 13.8. The maximum atomic E-state index is 12.1. The minimum Gasteiger partial charge on any atom is -0.353 e. The van der Waals surface area contributed by atoms with Crippen LogP contribution >= 0.6 is 12.4 Å². The molecule has 16 heavy (non-hydrogen) atoms. The van der Waals surface area contributed by atoms with Gasteiger partial charge in [-0.3, -0.25) is 4.79 Å². The predicted octanol–water partition coefficient (Wildman–Crippen LogP) is 1.71. The molecule has 94 valence electrons. The first-order chi connectivity index (χ1) is 7.10. The molecule has 4 heteroatoms. The Morgan fingerprint density at radius 2 is 2.12 bits per heavy atom. The Labute approximate surface area is 104 Å². The van der Waals surface area contributed by atoms with Crippen LogP contribution in [0.1, 0.15) is 39.5 Å². The highest BCUT2D eigenvalue weighted by Gasteiger charge is 2.37. The average Bonchev–Trinajstić information content (AvgIpc) is 2.16. The summed E-state index contributed by atoms with van der Waals surface area (Å²) in [6, 6.07) is 0.450. The van der Waals surface area contributed by atoms with Crippen LogP contribution in [0.5, 0.6) is 0 Å². The van der Waals surface area contributed by atoms with E-state index in [1.165, 1.54) is 0 Å². The highest BCUT2D eigenvalue weighted by atomic mass is 35.5. The van der Waals surface area contributed by atoms with Crippen LogP contribution in [-0.4, -0.2) is 25.0 Å². The fourth-order valence-electron chi connectivity index (χ4n) is 2.63. The minimum absolute atomic E-state index is 0. The molecule has 2 fully saturated rings. The molecule has 1 saturated heterocycles. The third kappa shape index (κ3) is 2.89. The van der Waals surface area contributed by atoms with Crippen molar-refractivity contribution in [2.24, 2.45) is 11.3 Å². The van der Waals surface area contributed by atoms with Gasteiger partial charge in [0, 0.05) is 12.6 Å². The van der Waals surface area contributed by atoms with Gasteiger partial charge in [0.15, 0.2) is 0 Å². The van der Waals surface area contributed by atoms with Crippen LogP contribution in [0.3, 0.4) is 0 Å². The van der Waals surface area contributed by atoms with E-state index >= 15 is 0 Å². The number of halogens is 1. The van der Waals surface area contributed by atoms with E-state index in [4.69, 9.17) is 0 Å². The zero-order valence-electron chi connectivity index (χ0n) is 10.2. The van der Waals surface area contributed by atoms with Gasteiger partial charge in [-0.2, -0.15) is 0 Å². The third-order valence-electron chi connectivity index (χ3n) is 3.85. The Morgan fingerprint density at radius 3 is 2.62 bits per heavy atom. The standard InChI is InChI=1S/C12H22N2O.ClH/c1-9-6-10(7-9)14-11(15)12(2)4-3-5-13-8-12;/h9-10,13H,3-8H2,1-2H3,(H,14,15);1H. The topological polar surface area (TPSA) is 41.1 Å². The normalized spacial score (nSPS) is 38.1. The summed E-state index contributed by atoms with van der Waals surface area (Å²) in [7, 11) is 0. The highest BCUT2D eigenvalue weighted by molar-refractivity contribution is 5.85. The molecule has 3 nitrogen and oxygen atoms in total. The van der Waals surface area contributed by atoms with Gasteiger partial charge in [0.2, 0.25) is 5.91 Å². The Balaban J connectivity index is 0.00000128. The van der Waals surface area contributed by atoms with Crippen LogP contribution < -0.4 is 10.6 Å². The van der Waals surface area contributed by atoms with E-state index in [0.29, 0.717) is 6.04 Å². The van der Waals surface area contributed by atoms with Gasteiger partial charge in [0.1, 0.15) is 0 Å². The van der Waals surface area contributed by atoms with E-state index in [-0.39, 0.29) is 23.7 Å². The van der Waals surface area contributed by atoms with Gasteiger partial charge >= 0.3 is 0 Å². The van der Waals surface area contributed by atoms with E-state index < -0.39 is 0 Å². The molecule has 0 aromatic carbocycles. The van der Waals surface area contributed by atoms with Crippen LogP contribution in [-0.2, 0) is 4.79 Å². The van der Waals surface area contributed by atoms with Crippen molar-refractivity contribution in [1.82, 2.24) is 10.6 Å². The molecule has 2 aliphatic rings. The Hall–Kier alpha value is -0.280. The van der Waals surface area contributed by atoms with Gasteiger partial charge in [-0.1, -0.05) is 6.92 Å². The summed E-state index contributed by atoms with van der Waals surface area (Å²) >= 11 is 0. The second kappa shape index (κ2) is 5.37. The number of nitrogens with one attached hydrogen (secondary N) is 2. The number of carbonyl (C=O) groups excluding carboxylic acids is 1. The van der Waals surface area contributed by atoms with Gasteiger partial charge in [-0.25, -0.2) is 0 Å². The number of carbonyl (C=O) groups is 1. The fourth-order valence-corrected chi connectivity index (χ4v) is 2.63. The minimum atomic E-state index is -0.170. The largest absolute Gasteiger partial charge is 0.353 e. The molecule has 1 aliphatic heterocycles. The molecule has 0 aromatic heterocycles. The summed E-state index contributed by atoms with van der Waals surface area (Å²) in [6.45, 7) is 6.22. The molecule has 1 saturated carbocycles. The lowest BCUT2D eigenvalue weighted by molar-refractivity contribution is -0.132. The number of amides is 1. The van der Waals surface area contributed by atoms with Crippen LogP contribution in [0.25, 0.3) is 0 Å². The first-order valence-corrected chi connectivity index (χ1v) is 6.12. The quantitative estimate of drug-likeness (QED) is 0.779. The van der Waals surface area contributed by atoms with Crippen molar-refractivity contribution >= 4 is 18.3 Å². The molecule has 0 aromatic rings. The van der Waals surface area contributed by atoms with Gasteiger partial charge in [-0.05, 0) is 45.1 Å². The molecule has 1 atom stereocenters. The van der Waals surface area contributed by atoms with E-state index in [1.54, 1.807) is 0 Å². The van der Waals surface area contributed by atoms with Crippen molar-refractivity contribution < 1.29 is 4.79 Å². The fraction of sp³-hybridized carbons (Fsp3) is 0.917. The second-order valence-electron chi connectivity index (χ2n) is 5.59. The highest BCUT2D eigenvalue weighted by Crippen LogP contribution is 2.30. The van der Waals surface area contributed by atoms with Crippen molar-refractivity contribution in [3.05, 3.63) is 0 Å². The molecule has 1 aliphatic carbocycles. The maximum Gasteiger partial charge on any atom is 0.227 e. The van der Waals surface area contributed by atoms with E-state index in [1.807, 2.05) is 0 Å². The summed E-state index contributed by atoms with van der Waals surface area (Å²) in [4.78, 5) is 12.1. The number of hydrogen-bond donors (Lipinski definition) is 2. The summed E-state index contributed by atoms with van der Waals surface area (Å²) in [5, 5.41) is 6.49. The molecular weight excluding hydrogens is 224 g/mol. The smallest absolute Gasteiger partial charge is 0.227 e. The van der Waals surface area contributed by atoms with Gasteiger partial charge in [0.05, 0.1) is 5.41 Å². The SMILES string of the molecule is CC1CC(NC(=O)C2(C)CCCNC2)C1.Cl. The van der Waals surface area contributed by atoms with Gasteiger partial charge < -0.3 is 10.6 Å². The molecule has 0 spiro atoms. The van der Waals surface area contributed by atoms with Crippen LogP contribution in [0.2, 0.25) is 0 Å². The van der Waals surface area contributed by atoms with Crippen molar-refractivity contribution in [3.8, 4) is 0 Å². The lowest BCUT2D eigenvalue weighted by atomic mass is 9.78. The zero-order chi connectivity index (χ0) is 10.9. The molecule has 0 radical (unpaired) electrons. The predicted molar refractivity (Wildman–Crippen MR) is 67.8 cm³/mol. The number of piperidine rings is 1.